The summed E-state index contributed by atoms with van der Waals surface area (Å²) in [5.41, 5.74) is 5.64. The van der Waals surface area contributed by atoms with Crippen molar-refractivity contribution < 1.29 is 12.8 Å². The Hall–Kier alpha value is -1.21. The molecular formula is C11H10Cl2N2O3S. The molecule has 2 rings (SSSR count). The van der Waals surface area contributed by atoms with Crippen molar-refractivity contribution in [3.8, 4) is 0 Å². The van der Waals surface area contributed by atoms with Crippen LogP contribution < -0.4 is 10.5 Å². The predicted octanol–water partition coefficient (Wildman–Crippen LogP) is 2.65. The molecule has 1 heterocycles. The van der Waals surface area contributed by atoms with Crippen LogP contribution in [-0.4, -0.2) is 8.42 Å². The number of nitrogen functional groups attached to an aromatic ring is 1. The normalized spacial score (nSPS) is 11.7. The summed E-state index contributed by atoms with van der Waals surface area (Å²) in [6.45, 7) is 0.00767. The highest BCUT2D eigenvalue weighted by molar-refractivity contribution is 7.89. The molecule has 0 aliphatic carbocycles. The van der Waals surface area contributed by atoms with Crippen molar-refractivity contribution in [1.29, 1.82) is 0 Å². The number of rotatable bonds is 4. The van der Waals surface area contributed by atoms with E-state index in [0.717, 1.165) is 0 Å². The summed E-state index contributed by atoms with van der Waals surface area (Å²) in [5, 5.41) is 0.240. The first-order valence-electron chi connectivity index (χ1n) is 5.17. The van der Waals surface area contributed by atoms with Crippen LogP contribution in [0.3, 0.4) is 0 Å². The van der Waals surface area contributed by atoms with Crippen LogP contribution in [0.1, 0.15) is 5.76 Å². The maximum absolute atomic E-state index is 12.1. The quantitative estimate of drug-likeness (QED) is 0.848. The fourth-order valence-electron chi connectivity index (χ4n) is 1.52. The van der Waals surface area contributed by atoms with Crippen LogP contribution in [0.25, 0.3) is 0 Å². The van der Waals surface area contributed by atoms with Gasteiger partial charge in [0, 0.05) is 5.02 Å². The molecule has 102 valence electrons. The number of furan rings is 1. The zero-order chi connectivity index (χ0) is 14.0. The molecule has 2 aromatic rings. The Labute approximate surface area is 120 Å². The zero-order valence-corrected chi connectivity index (χ0v) is 11.9. The average molecular weight is 321 g/mol. The maximum atomic E-state index is 12.1. The number of anilines is 1. The van der Waals surface area contributed by atoms with Gasteiger partial charge in [-0.2, -0.15) is 0 Å². The van der Waals surface area contributed by atoms with Gasteiger partial charge in [0.15, 0.2) is 0 Å². The van der Waals surface area contributed by atoms with E-state index in [2.05, 4.69) is 4.72 Å². The summed E-state index contributed by atoms with van der Waals surface area (Å²) in [7, 11) is -3.84. The van der Waals surface area contributed by atoms with Gasteiger partial charge in [0.1, 0.15) is 10.7 Å². The van der Waals surface area contributed by atoms with Gasteiger partial charge in [-0.25, -0.2) is 13.1 Å². The van der Waals surface area contributed by atoms with Crippen LogP contribution in [0.2, 0.25) is 10.0 Å². The SMILES string of the molecule is Nc1cc(Cl)cc(Cl)c1S(=O)(=O)NCc1ccco1. The first-order chi connectivity index (χ1) is 8.90. The van der Waals surface area contributed by atoms with Gasteiger partial charge >= 0.3 is 0 Å². The van der Waals surface area contributed by atoms with Crippen molar-refractivity contribution >= 4 is 38.9 Å². The number of benzene rings is 1. The molecule has 8 heteroatoms. The third-order valence-electron chi connectivity index (χ3n) is 2.32. The van der Waals surface area contributed by atoms with E-state index in [1.54, 1.807) is 12.1 Å². The maximum Gasteiger partial charge on any atom is 0.244 e. The van der Waals surface area contributed by atoms with Crippen LogP contribution in [0.5, 0.6) is 0 Å². The van der Waals surface area contributed by atoms with Gasteiger partial charge in [0.2, 0.25) is 10.0 Å². The molecule has 0 fully saturated rings. The van der Waals surface area contributed by atoms with E-state index in [1.165, 1.54) is 18.4 Å². The Balaban J connectivity index is 2.29. The molecule has 19 heavy (non-hydrogen) atoms. The van der Waals surface area contributed by atoms with Gasteiger partial charge in [-0.05, 0) is 24.3 Å². The van der Waals surface area contributed by atoms with Crippen molar-refractivity contribution in [2.24, 2.45) is 0 Å². The first-order valence-corrected chi connectivity index (χ1v) is 7.40. The summed E-state index contributed by atoms with van der Waals surface area (Å²) < 4.78 is 31.6. The lowest BCUT2D eigenvalue weighted by molar-refractivity contribution is 0.498. The number of sulfonamides is 1. The van der Waals surface area contributed by atoms with Gasteiger partial charge in [0.25, 0.3) is 0 Å². The molecular weight excluding hydrogens is 311 g/mol. The smallest absolute Gasteiger partial charge is 0.244 e. The lowest BCUT2D eigenvalue weighted by Gasteiger charge is -2.10. The molecule has 0 amide bonds. The van der Waals surface area contributed by atoms with Gasteiger partial charge in [-0.1, -0.05) is 23.2 Å². The van der Waals surface area contributed by atoms with E-state index in [4.69, 9.17) is 33.4 Å². The number of hydrogen-bond acceptors (Lipinski definition) is 4. The van der Waals surface area contributed by atoms with Crippen molar-refractivity contribution in [1.82, 2.24) is 4.72 Å². The summed E-state index contributed by atoms with van der Waals surface area (Å²) in [5.74, 6) is 0.479. The van der Waals surface area contributed by atoms with Crippen LogP contribution in [0.15, 0.2) is 39.8 Å². The van der Waals surface area contributed by atoms with E-state index in [9.17, 15) is 8.42 Å². The minimum absolute atomic E-state index is 0.00767. The van der Waals surface area contributed by atoms with E-state index in [0.29, 0.717) is 5.76 Å². The van der Waals surface area contributed by atoms with E-state index < -0.39 is 10.0 Å². The van der Waals surface area contributed by atoms with Gasteiger partial charge in [-0.3, -0.25) is 0 Å². The van der Waals surface area contributed by atoms with Gasteiger partial charge in [0.05, 0.1) is 23.5 Å². The van der Waals surface area contributed by atoms with Crippen molar-refractivity contribution in [2.75, 3.05) is 5.73 Å². The molecule has 1 aromatic carbocycles. The van der Waals surface area contributed by atoms with Crippen LogP contribution in [0, 0.1) is 0 Å². The molecule has 0 aliphatic rings. The van der Waals surface area contributed by atoms with E-state index >= 15 is 0 Å². The highest BCUT2D eigenvalue weighted by atomic mass is 35.5. The topological polar surface area (TPSA) is 85.3 Å². The second kappa shape index (κ2) is 5.42. The molecule has 0 aliphatic heterocycles. The van der Waals surface area contributed by atoms with Crippen molar-refractivity contribution in [2.45, 2.75) is 11.4 Å². The monoisotopic (exact) mass is 320 g/mol. The fraction of sp³-hybridized carbons (Fsp3) is 0.0909. The highest BCUT2D eigenvalue weighted by Crippen LogP contribution is 2.31. The molecule has 0 spiro atoms. The van der Waals surface area contributed by atoms with Crippen LogP contribution in [0.4, 0.5) is 5.69 Å². The first kappa shape index (κ1) is 14.2. The highest BCUT2D eigenvalue weighted by Gasteiger charge is 2.22. The van der Waals surface area contributed by atoms with Gasteiger partial charge < -0.3 is 10.2 Å². The van der Waals surface area contributed by atoms with Crippen molar-refractivity contribution in [3.63, 3.8) is 0 Å². The number of halogens is 2. The standard InChI is InChI=1S/C11H10Cl2N2O3S/c12-7-4-9(13)11(10(14)5-7)19(16,17)15-6-8-2-1-3-18-8/h1-5,15H,6,14H2. The Morgan fingerprint density at radius 3 is 2.63 bits per heavy atom. The summed E-state index contributed by atoms with van der Waals surface area (Å²) in [6, 6.07) is 5.96. The Morgan fingerprint density at radius 1 is 1.32 bits per heavy atom. The molecule has 0 bridgehead atoms. The number of hydrogen-bond donors (Lipinski definition) is 2. The zero-order valence-electron chi connectivity index (χ0n) is 9.56. The largest absolute Gasteiger partial charge is 0.468 e. The van der Waals surface area contributed by atoms with Crippen LogP contribution in [-0.2, 0) is 16.6 Å². The Morgan fingerprint density at radius 2 is 2.05 bits per heavy atom. The molecule has 1 aromatic heterocycles. The molecule has 0 radical (unpaired) electrons. The average Bonchev–Trinajstić information content (AvgIpc) is 2.77. The summed E-state index contributed by atoms with van der Waals surface area (Å²) >= 11 is 11.6. The number of nitrogens with two attached hydrogens (primary N) is 1. The van der Waals surface area contributed by atoms with Gasteiger partial charge in [-0.15, -0.1) is 0 Å². The number of nitrogens with one attached hydrogen (secondary N) is 1. The molecule has 0 saturated carbocycles. The molecule has 0 unspecified atom stereocenters. The third kappa shape index (κ3) is 3.22. The Bertz CT molecular complexity index is 661. The Kier molecular flexibility index (Phi) is 4.05. The molecule has 0 atom stereocenters. The lowest BCUT2D eigenvalue weighted by Crippen LogP contribution is -2.24. The predicted molar refractivity (Wildman–Crippen MR) is 73.6 cm³/mol. The second-order valence-electron chi connectivity index (χ2n) is 3.71. The minimum Gasteiger partial charge on any atom is -0.468 e. The van der Waals surface area contributed by atoms with E-state index in [-0.39, 0.29) is 27.2 Å². The summed E-state index contributed by atoms with van der Waals surface area (Å²) in [4.78, 5) is -0.190. The fourth-order valence-corrected chi connectivity index (χ4v) is 3.49. The van der Waals surface area contributed by atoms with Crippen molar-refractivity contribution in [3.05, 3.63) is 46.3 Å². The molecule has 0 saturated heterocycles. The van der Waals surface area contributed by atoms with E-state index in [1.807, 2.05) is 0 Å². The summed E-state index contributed by atoms with van der Waals surface area (Å²) in [6.07, 6.45) is 1.45. The third-order valence-corrected chi connectivity index (χ3v) is 4.47. The minimum atomic E-state index is -3.84. The second-order valence-corrected chi connectivity index (χ2v) is 6.26. The molecule has 3 N–H and O–H groups in total. The lowest BCUT2D eigenvalue weighted by atomic mass is 10.3. The molecule has 5 nitrogen and oxygen atoms in total. The van der Waals surface area contributed by atoms with Crippen LogP contribution >= 0.6 is 23.2 Å².